The van der Waals surface area contributed by atoms with Crippen LogP contribution < -0.4 is 4.74 Å². The summed E-state index contributed by atoms with van der Waals surface area (Å²) in [5.74, 6) is 0.517. The van der Waals surface area contributed by atoms with Gasteiger partial charge in [-0.05, 0) is 30.7 Å². The molecule has 0 aliphatic carbocycles. The van der Waals surface area contributed by atoms with Crippen LogP contribution in [0.3, 0.4) is 0 Å². The number of halogens is 3. The van der Waals surface area contributed by atoms with Crippen molar-refractivity contribution in [2.45, 2.75) is 13.0 Å². The maximum absolute atomic E-state index is 6.11. The minimum atomic E-state index is -0.195. The molecule has 3 nitrogen and oxygen atoms in total. The predicted octanol–water partition coefficient (Wildman–Crippen LogP) is 6.18. The van der Waals surface area contributed by atoms with Crippen LogP contribution in [0.2, 0.25) is 15.1 Å². The van der Waals surface area contributed by atoms with E-state index in [0.29, 0.717) is 20.9 Å². The topological polar surface area (TPSA) is 37.9 Å². The highest BCUT2D eigenvalue weighted by atomic mass is 35.5. The molecule has 0 amide bonds. The van der Waals surface area contributed by atoms with Gasteiger partial charge in [0.1, 0.15) is 6.10 Å². The van der Waals surface area contributed by atoms with Gasteiger partial charge in [-0.25, -0.2) is 4.98 Å². The smallest absolute Gasteiger partial charge is 0.213 e. The Morgan fingerprint density at radius 2 is 1.87 bits per heavy atom. The van der Waals surface area contributed by atoms with E-state index in [1.54, 1.807) is 24.4 Å². The number of hydrogen-bond donors (Lipinski definition) is 1. The lowest BCUT2D eigenvalue weighted by molar-refractivity contribution is 0.218. The Balaban J connectivity index is 1.87. The summed E-state index contributed by atoms with van der Waals surface area (Å²) in [5, 5.41) is 1.62. The van der Waals surface area contributed by atoms with E-state index in [1.165, 1.54) is 0 Å². The van der Waals surface area contributed by atoms with Crippen molar-refractivity contribution in [3.63, 3.8) is 0 Å². The van der Waals surface area contributed by atoms with Gasteiger partial charge in [-0.2, -0.15) is 0 Å². The zero-order chi connectivity index (χ0) is 16.4. The highest BCUT2D eigenvalue weighted by molar-refractivity contribution is 6.42. The average molecular weight is 368 g/mol. The molecule has 1 N–H and O–H groups in total. The molecule has 1 atom stereocenters. The van der Waals surface area contributed by atoms with Crippen LogP contribution in [0, 0.1) is 0 Å². The summed E-state index contributed by atoms with van der Waals surface area (Å²) in [5.41, 5.74) is 2.97. The molecule has 0 saturated carbocycles. The summed E-state index contributed by atoms with van der Waals surface area (Å²) >= 11 is 17.9. The van der Waals surface area contributed by atoms with Gasteiger partial charge in [-0.3, -0.25) is 0 Å². The van der Waals surface area contributed by atoms with Gasteiger partial charge in [0, 0.05) is 35.8 Å². The third-order valence-corrected chi connectivity index (χ3v) is 4.41. The van der Waals surface area contributed by atoms with Crippen molar-refractivity contribution < 1.29 is 4.74 Å². The van der Waals surface area contributed by atoms with Crippen LogP contribution >= 0.6 is 34.8 Å². The second-order valence-electron chi connectivity index (χ2n) is 5.03. The molecule has 118 valence electrons. The number of rotatable bonds is 4. The normalized spacial score (nSPS) is 12.2. The van der Waals surface area contributed by atoms with E-state index in [2.05, 4.69) is 9.97 Å². The summed E-state index contributed by atoms with van der Waals surface area (Å²) in [6.07, 6.45) is 5.17. The van der Waals surface area contributed by atoms with Crippen LogP contribution in [0.4, 0.5) is 0 Å². The molecule has 1 aromatic carbocycles. The number of ether oxygens (including phenoxy) is 1. The molecule has 3 aromatic rings. The zero-order valence-electron chi connectivity index (χ0n) is 12.2. The van der Waals surface area contributed by atoms with Gasteiger partial charge in [0.05, 0.1) is 15.1 Å². The van der Waals surface area contributed by atoms with Gasteiger partial charge in [-0.1, -0.05) is 40.9 Å². The number of benzene rings is 1. The third-order valence-electron chi connectivity index (χ3n) is 3.44. The van der Waals surface area contributed by atoms with Crippen molar-refractivity contribution >= 4 is 34.8 Å². The lowest BCUT2D eigenvalue weighted by atomic mass is 10.0. The number of H-pyrrole nitrogens is 1. The van der Waals surface area contributed by atoms with E-state index in [1.807, 2.05) is 31.5 Å². The maximum Gasteiger partial charge on any atom is 0.213 e. The van der Waals surface area contributed by atoms with E-state index >= 15 is 0 Å². The molecule has 23 heavy (non-hydrogen) atoms. The quantitative estimate of drug-likeness (QED) is 0.598. The second-order valence-corrected chi connectivity index (χ2v) is 6.28. The Morgan fingerprint density at radius 1 is 1.04 bits per heavy atom. The zero-order valence-corrected chi connectivity index (χ0v) is 14.5. The highest BCUT2D eigenvalue weighted by Crippen LogP contribution is 2.34. The van der Waals surface area contributed by atoms with Crippen molar-refractivity contribution in [1.82, 2.24) is 9.97 Å². The third kappa shape index (κ3) is 3.63. The van der Waals surface area contributed by atoms with Gasteiger partial charge in [-0.15, -0.1) is 0 Å². The standard InChI is InChI=1S/C17H13Cl3N2O/c1-10(23-17-5-3-12(18)7-22-17)13-8-21-9-14(13)11-2-4-15(19)16(20)6-11/h2-10,21H,1H3. The van der Waals surface area contributed by atoms with Gasteiger partial charge in [0.25, 0.3) is 0 Å². The van der Waals surface area contributed by atoms with E-state index in [9.17, 15) is 0 Å². The number of nitrogens with zero attached hydrogens (tertiary/aromatic N) is 1. The molecular weight excluding hydrogens is 355 g/mol. The Labute approximate surface area is 149 Å². The molecule has 0 aliphatic heterocycles. The first-order valence-corrected chi connectivity index (χ1v) is 8.08. The lowest BCUT2D eigenvalue weighted by Gasteiger charge is -2.15. The summed E-state index contributed by atoms with van der Waals surface area (Å²) in [4.78, 5) is 7.26. The van der Waals surface area contributed by atoms with E-state index in [0.717, 1.165) is 16.7 Å². The average Bonchev–Trinajstić information content (AvgIpc) is 3.02. The maximum atomic E-state index is 6.11. The van der Waals surface area contributed by atoms with Gasteiger partial charge < -0.3 is 9.72 Å². The van der Waals surface area contributed by atoms with Crippen LogP contribution in [0.5, 0.6) is 5.88 Å². The minimum absolute atomic E-state index is 0.195. The monoisotopic (exact) mass is 366 g/mol. The molecule has 0 saturated heterocycles. The van der Waals surface area contributed by atoms with Crippen LogP contribution in [-0.2, 0) is 0 Å². The van der Waals surface area contributed by atoms with Gasteiger partial charge in [0.15, 0.2) is 0 Å². The predicted molar refractivity (Wildman–Crippen MR) is 94.5 cm³/mol. The fourth-order valence-corrected chi connectivity index (χ4v) is 2.71. The molecule has 2 heterocycles. The molecule has 0 bridgehead atoms. The number of pyridine rings is 1. The summed E-state index contributed by atoms with van der Waals surface area (Å²) in [7, 11) is 0. The summed E-state index contributed by atoms with van der Waals surface area (Å²) in [6.45, 7) is 1.96. The largest absolute Gasteiger partial charge is 0.470 e. The first-order valence-electron chi connectivity index (χ1n) is 6.95. The van der Waals surface area contributed by atoms with E-state index < -0.39 is 0 Å². The molecule has 0 fully saturated rings. The first kappa shape index (κ1) is 16.2. The van der Waals surface area contributed by atoms with Gasteiger partial charge in [0.2, 0.25) is 5.88 Å². The van der Waals surface area contributed by atoms with Crippen LogP contribution in [0.25, 0.3) is 11.1 Å². The molecule has 0 radical (unpaired) electrons. The lowest BCUT2D eigenvalue weighted by Crippen LogP contribution is -2.04. The number of nitrogens with one attached hydrogen (secondary N) is 1. The van der Waals surface area contributed by atoms with Crippen molar-refractivity contribution in [2.75, 3.05) is 0 Å². The molecule has 2 aromatic heterocycles. The Bertz CT molecular complexity index is 815. The minimum Gasteiger partial charge on any atom is -0.470 e. The fraction of sp³-hybridized carbons (Fsp3) is 0.118. The fourth-order valence-electron chi connectivity index (χ4n) is 2.30. The molecule has 6 heteroatoms. The Hall–Kier alpha value is -1.68. The first-order chi connectivity index (χ1) is 11.0. The molecule has 0 aliphatic rings. The van der Waals surface area contributed by atoms with Crippen LogP contribution in [-0.4, -0.2) is 9.97 Å². The molecule has 0 spiro atoms. The highest BCUT2D eigenvalue weighted by Gasteiger charge is 2.16. The number of aromatic amines is 1. The van der Waals surface area contributed by atoms with E-state index in [4.69, 9.17) is 39.5 Å². The van der Waals surface area contributed by atoms with Crippen LogP contribution in [0.1, 0.15) is 18.6 Å². The Kier molecular flexibility index (Phi) is 4.81. The molecular formula is C17H13Cl3N2O. The van der Waals surface area contributed by atoms with E-state index in [-0.39, 0.29) is 6.10 Å². The Morgan fingerprint density at radius 3 is 2.57 bits per heavy atom. The summed E-state index contributed by atoms with van der Waals surface area (Å²) in [6, 6.07) is 9.03. The molecule has 1 unspecified atom stereocenters. The van der Waals surface area contributed by atoms with Crippen molar-refractivity contribution in [3.8, 4) is 17.0 Å². The van der Waals surface area contributed by atoms with Crippen molar-refractivity contribution in [3.05, 3.63) is 69.6 Å². The molecule has 3 rings (SSSR count). The SMILES string of the molecule is CC(Oc1ccc(Cl)cn1)c1c[nH]cc1-c1ccc(Cl)c(Cl)c1. The van der Waals surface area contributed by atoms with Crippen molar-refractivity contribution in [2.24, 2.45) is 0 Å². The van der Waals surface area contributed by atoms with Gasteiger partial charge >= 0.3 is 0 Å². The second kappa shape index (κ2) is 6.83. The number of aromatic nitrogens is 2. The number of hydrogen-bond acceptors (Lipinski definition) is 2. The van der Waals surface area contributed by atoms with Crippen LogP contribution in [0.15, 0.2) is 48.9 Å². The summed E-state index contributed by atoms with van der Waals surface area (Å²) < 4.78 is 5.88. The van der Waals surface area contributed by atoms with Crippen molar-refractivity contribution in [1.29, 1.82) is 0 Å².